The van der Waals surface area contributed by atoms with Crippen molar-refractivity contribution in [1.82, 2.24) is 5.32 Å². The van der Waals surface area contributed by atoms with E-state index in [2.05, 4.69) is 5.32 Å². The number of benzene rings is 2. The minimum Gasteiger partial charge on any atom is -0.462 e. The van der Waals surface area contributed by atoms with Gasteiger partial charge in [0.15, 0.2) is 0 Å². The van der Waals surface area contributed by atoms with Crippen LogP contribution in [0.5, 0.6) is 5.75 Å². The molecular weight excluding hydrogens is 381 g/mol. The van der Waals surface area contributed by atoms with Crippen molar-refractivity contribution in [2.45, 2.75) is 44.5 Å². The molecular formula is C21H24FNO6. The topological polar surface area (TPSA) is 108 Å². The fourth-order valence-corrected chi connectivity index (χ4v) is 3.38. The third-order valence-electron chi connectivity index (χ3n) is 4.78. The Morgan fingerprint density at radius 3 is 2.59 bits per heavy atom. The van der Waals surface area contributed by atoms with Crippen LogP contribution in [0.1, 0.15) is 12.5 Å². The molecule has 0 radical (unpaired) electrons. The van der Waals surface area contributed by atoms with Gasteiger partial charge in [-0.15, -0.1) is 0 Å². The van der Waals surface area contributed by atoms with Gasteiger partial charge in [0.25, 0.3) is 0 Å². The molecule has 156 valence electrons. The number of hydrogen-bond acceptors (Lipinski definition) is 6. The van der Waals surface area contributed by atoms with Gasteiger partial charge in [-0.3, -0.25) is 4.79 Å². The summed E-state index contributed by atoms with van der Waals surface area (Å²) in [5, 5.41) is 32.4. The average Bonchev–Trinajstić information content (AvgIpc) is 2.67. The zero-order valence-electron chi connectivity index (χ0n) is 16.1. The molecule has 29 heavy (non-hydrogen) atoms. The van der Waals surface area contributed by atoms with E-state index >= 15 is 0 Å². The van der Waals surface area contributed by atoms with Crippen LogP contribution in [0.25, 0.3) is 11.1 Å². The lowest BCUT2D eigenvalue weighted by Crippen LogP contribution is -2.65. The lowest BCUT2D eigenvalue weighted by atomic mass is 9.96. The molecule has 8 heteroatoms. The minimum atomic E-state index is -1.45. The number of amides is 1. The maximum absolute atomic E-state index is 14.7. The highest BCUT2D eigenvalue weighted by atomic mass is 19.1. The third kappa shape index (κ3) is 4.56. The molecule has 0 aliphatic carbocycles. The van der Waals surface area contributed by atoms with Crippen LogP contribution in [0.3, 0.4) is 0 Å². The van der Waals surface area contributed by atoms with E-state index in [-0.39, 0.29) is 11.3 Å². The molecule has 0 aromatic heterocycles. The first-order valence-corrected chi connectivity index (χ1v) is 9.23. The first-order valence-electron chi connectivity index (χ1n) is 9.23. The maximum Gasteiger partial charge on any atom is 0.223 e. The summed E-state index contributed by atoms with van der Waals surface area (Å²) in [6.45, 7) is 2.55. The van der Waals surface area contributed by atoms with Gasteiger partial charge in [-0.2, -0.15) is 0 Å². The smallest absolute Gasteiger partial charge is 0.223 e. The Bertz CT molecular complexity index is 876. The molecule has 0 bridgehead atoms. The van der Waals surface area contributed by atoms with Crippen LogP contribution in [0.15, 0.2) is 42.5 Å². The van der Waals surface area contributed by atoms with Gasteiger partial charge in [-0.1, -0.05) is 35.9 Å². The van der Waals surface area contributed by atoms with Gasteiger partial charge in [0.2, 0.25) is 12.2 Å². The molecule has 0 spiro atoms. The van der Waals surface area contributed by atoms with E-state index in [0.717, 1.165) is 5.56 Å². The zero-order chi connectivity index (χ0) is 21.1. The van der Waals surface area contributed by atoms with Crippen molar-refractivity contribution in [2.24, 2.45) is 0 Å². The molecule has 3 rings (SSSR count). The van der Waals surface area contributed by atoms with Gasteiger partial charge in [0.1, 0.15) is 35.9 Å². The van der Waals surface area contributed by atoms with Crippen LogP contribution in [0, 0.1) is 12.7 Å². The first-order chi connectivity index (χ1) is 13.8. The maximum atomic E-state index is 14.7. The highest BCUT2D eigenvalue weighted by molar-refractivity contribution is 5.73. The molecule has 1 heterocycles. The molecule has 7 nitrogen and oxygen atoms in total. The molecule has 1 aliphatic heterocycles. The summed E-state index contributed by atoms with van der Waals surface area (Å²) >= 11 is 0. The first kappa shape index (κ1) is 21.2. The standard InChI is InChI=1S/C21H24FNO6/c1-11-5-3-6-13(9-11)17-14(22)7-4-8-15(17)28-21-18(23-12(2)25)20(27)19(26)16(10-24)29-21/h3-9,16,18-21,24,26-27H,10H2,1-2H3,(H,23,25)/t16?,18?,19-,20+,21+/m0/s1. The van der Waals surface area contributed by atoms with E-state index in [9.17, 15) is 24.5 Å². The SMILES string of the molecule is CC(=O)NC1[C@H](Oc2cccc(F)c2-c2cccc(C)c2)OC(CO)[C@H](O)[C@@H]1O. The lowest BCUT2D eigenvalue weighted by Gasteiger charge is -2.42. The molecule has 5 atom stereocenters. The van der Waals surface area contributed by atoms with Crippen LogP contribution >= 0.6 is 0 Å². The number of nitrogens with one attached hydrogen (secondary N) is 1. The minimum absolute atomic E-state index is 0.135. The summed E-state index contributed by atoms with van der Waals surface area (Å²) in [5.74, 6) is -0.852. The second-order valence-electron chi connectivity index (χ2n) is 7.03. The number of halogens is 1. The summed E-state index contributed by atoms with van der Waals surface area (Å²) in [4.78, 5) is 11.6. The summed E-state index contributed by atoms with van der Waals surface area (Å²) in [5.41, 5.74) is 1.72. The van der Waals surface area contributed by atoms with E-state index in [1.807, 2.05) is 13.0 Å². The Morgan fingerprint density at radius 1 is 1.21 bits per heavy atom. The number of carbonyl (C=O) groups excluding carboxylic acids is 1. The van der Waals surface area contributed by atoms with Crippen molar-refractivity contribution in [1.29, 1.82) is 0 Å². The average molecular weight is 405 g/mol. The van der Waals surface area contributed by atoms with Crippen LogP contribution in [0.2, 0.25) is 0 Å². The van der Waals surface area contributed by atoms with Crippen LogP contribution < -0.4 is 10.1 Å². The quantitative estimate of drug-likeness (QED) is 0.594. The van der Waals surface area contributed by atoms with Crippen LogP contribution in [0.4, 0.5) is 4.39 Å². The highest BCUT2D eigenvalue weighted by Gasteiger charge is 2.46. The molecule has 4 N–H and O–H groups in total. The highest BCUT2D eigenvalue weighted by Crippen LogP contribution is 2.35. The number of aliphatic hydroxyl groups is 3. The van der Waals surface area contributed by atoms with Gasteiger partial charge >= 0.3 is 0 Å². The number of aryl methyl sites for hydroxylation is 1. The van der Waals surface area contributed by atoms with Crippen molar-refractivity contribution >= 4 is 5.91 Å². The normalized spacial score (nSPS) is 26.8. The molecule has 1 amide bonds. The predicted molar refractivity (Wildman–Crippen MR) is 103 cm³/mol. The van der Waals surface area contributed by atoms with Crippen molar-refractivity contribution in [3.8, 4) is 16.9 Å². The summed E-state index contributed by atoms with van der Waals surface area (Å²) < 4.78 is 26.1. The van der Waals surface area contributed by atoms with Gasteiger partial charge in [-0.05, 0) is 24.6 Å². The van der Waals surface area contributed by atoms with Crippen molar-refractivity contribution in [2.75, 3.05) is 6.61 Å². The molecule has 2 unspecified atom stereocenters. The molecule has 2 aromatic carbocycles. The van der Waals surface area contributed by atoms with Gasteiger partial charge in [-0.25, -0.2) is 4.39 Å². The second kappa shape index (κ2) is 8.87. The molecule has 1 aliphatic rings. The number of aliphatic hydroxyl groups excluding tert-OH is 3. The Hall–Kier alpha value is -2.52. The largest absolute Gasteiger partial charge is 0.462 e. The van der Waals surface area contributed by atoms with E-state index in [0.29, 0.717) is 5.56 Å². The Kier molecular flexibility index (Phi) is 6.49. The van der Waals surface area contributed by atoms with Crippen molar-refractivity contribution in [3.05, 3.63) is 53.8 Å². The summed E-state index contributed by atoms with van der Waals surface area (Å²) in [7, 11) is 0. The van der Waals surface area contributed by atoms with Gasteiger partial charge in [0.05, 0.1) is 12.2 Å². The third-order valence-corrected chi connectivity index (χ3v) is 4.78. The molecule has 0 saturated carbocycles. The summed E-state index contributed by atoms with van der Waals surface area (Å²) in [6.07, 6.45) is -5.28. The second-order valence-corrected chi connectivity index (χ2v) is 7.03. The van der Waals surface area contributed by atoms with Crippen LogP contribution in [-0.2, 0) is 9.53 Å². The zero-order valence-corrected chi connectivity index (χ0v) is 16.1. The lowest BCUT2D eigenvalue weighted by molar-refractivity contribution is -0.244. The number of ether oxygens (including phenoxy) is 2. The molecule has 1 saturated heterocycles. The Labute approximate surface area is 167 Å². The molecule has 2 aromatic rings. The van der Waals surface area contributed by atoms with E-state index in [4.69, 9.17) is 9.47 Å². The van der Waals surface area contributed by atoms with Crippen LogP contribution in [-0.4, -0.2) is 58.5 Å². The monoisotopic (exact) mass is 405 g/mol. The fourth-order valence-electron chi connectivity index (χ4n) is 3.38. The summed E-state index contributed by atoms with van der Waals surface area (Å²) in [6, 6.07) is 10.4. The number of hydrogen-bond donors (Lipinski definition) is 4. The molecule has 1 fully saturated rings. The van der Waals surface area contributed by atoms with Crippen molar-refractivity contribution < 1.29 is 34.0 Å². The fraction of sp³-hybridized carbons (Fsp3) is 0.381. The van der Waals surface area contributed by atoms with E-state index < -0.39 is 49.0 Å². The number of rotatable bonds is 5. The Balaban J connectivity index is 1.98. The van der Waals surface area contributed by atoms with Gasteiger partial charge in [0, 0.05) is 6.92 Å². The Morgan fingerprint density at radius 2 is 1.93 bits per heavy atom. The number of carbonyl (C=O) groups is 1. The van der Waals surface area contributed by atoms with E-state index in [1.165, 1.54) is 19.1 Å². The predicted octanol–water partition coefficient (Wildman–Crippen LogP) is 1.12. The van der Waals surface area contributed by atoms with Gasteiger partial charge < -0.3 is 30.1 Å². The van der Waals surface area contributed by atoms with E-state index in [1.54, 1.807) is 24.3 Å². The van der Waals surface area contributed by atoms with Crippen molar-refractivity contribution in [3.63, 3.8) is 0 Å².